The second-order valence-corrected chi connectivity index (χ2v) is 31.6. The maximum absolute atomic E-state index is 2.98. The van der Waals surface area contributed by atoms with Crippen LogP contribution in [0.25, 0.3) is 0 Å². The summed E-state index contributed by atoms with van der Waals surface area (Å²) in [5.74, 6) is 0. The Kier molecular flexibility index (Phi) is 6.52. The van der Waals surface area contributed by atoms with E-state index in [9.17, 15) is 0 Å². The maximum atomic E-state index is 2.58. The number of rotatable bonds is 4. The molecule has 0 amide bonds. The zero-order valence-electron chi connectivity index (χ0n) is 12.2. The zero-order valence-corrected chi connectivity index (χ0v) is 15.6. The fourth-order valence-corrected chi connectivity index (χ4v) is 9.23. The van der Waals surface area contributed by atoms with Gasteiger partial charge in [0, 0.05) is 0 Å². The molecule has 0 saturated heterocycles. The molecule has 0 aliphatic heterocycles. The number of allylic oxidation sites excluding steroid dienone is 4. The van der Waals surface area contributed by atoms with E-state index in [0.29, 0.717) is 0 Å². The molecule has 0 atom stereocenters. The largest absolute Gasteiger partial charge is 0.147 e. The number of hydrogen-bond acceptors (Lipinski definition) is 1. The predicted octanol–water partition coefficient (Wildman–Crippen LogP) is 5.07. The van der Waals surface area contributed by atoms with E-state index in [-0.39, 0.29) is 24.8 Å². The average Bonchev–Trinajstić information content (AvgIpc) is 2.52. The van der Waals surface area contributed by atoms with Crippen molar-refractivity contribution >= 4 is 24.8 Å². The smallest absolute Gasteiger partial charge is 0.147 e. The molecule has 4 heteroatoms. The van der Waals surface area contributed by atoms with Crippen molar-refractivity contribution < 1.29 is 17.0 Å². The van der Waals surface area contributed by atoms with Gasteiger partial charge in [0.15, 0.2) is 0 Å². The molecule has 1 aliphatic carbocycles. The van der Waals surface area contributed by atoms with E-state index in [2.05, 4.69) is 55.9 Å². The van der Waals surface area contributed by atoms with Crippen LogP contribution in [-0.4, -0.2) is 25.5 Å². The minimum absolute atomic E-state index is 0. The topological polar surface area (TPSA) is 3.24 Å². The second-order valence-electron chi connectivity index (χ2n) is 9.42. The molecule has 1 nitrogen and oxygen atoms in total. The van der Waals surface area contributed by atoms with E-state index >= 15 is 0 Å². The summed E-state index contributed by atoms with van der Waals surface area (Å²) in [5.41, 5.74) is 0. The fraction of sp³-hybridized carbons (Fsp3) is 0.692. The monoisotopic (exact) mass is 314 g/mol. The van der Waals surface area contributed by atoms with Gasteiger partial charge in [0.25, 0.3) is 0 Å². The molecule has 0 unspecified atom stereocenters. The molecule has 0 aromatic rings. The third-order valence-electron chi connectivity index (χ3n) is 4.42. The minimum atomic E-state index is -2.98. The first-order valence-electron chi connectivity index (χ1n) is 6.43. The van der Waals surface area contributed by atoms with E-state index in [4.69, 9.17) is 0 Å². The first-order valence-corrected chi connectivity index (χ1v) is 15.8. The van der Waals surface area contributed by atoms with Crippen molar-refractivity contribution in [1.29, 1.82) is 0 Å². The summed E-state index contributed by atoms with van der Waals surface area (Å²) in [7, 11) is 4.35. The van der Waals surface area contributed by atoms with Crippen LogP contribution < -0.4 is 0 Å². The van der Waals surface area contributed by atoms with Crippen LogP contribution in [0.2, 0.25) is 22.9 Å². The fourth-order valence-electron chi connectivity index (χ4n) is 2.50. The molecule has 0 bridgehead atoms. The molecule has 0 fully saturated rings. The van der Waals surface area contributed by atoms with Crippen LogP contribution in [0, 0.1) is 0 Å². The molecule has 0 aromatic heterocycles. The summed E-state index contributed by atoms with van der Waals surface area (Å²) in [6.45, 7) is 1.21. The standard InChI is InChI=1S/C5H5.C4H10N.4CH3.2ClH.Sc/c1-2-4-5-3-1;1-4-5(2)3;;;;;;;/h1-3H,4H2;1,4H2,2-3H3;4*1H3;2*1H;. The van der Waals surface area contributed by atoms with Crippen molar-refractivity contribution in [3.63, 3.8) is 0 Å². The van der Waals surface area contributed by atoms with E-state index < -0.39 is 17.0 Å². The number of halogens is 2. The first kappa shape index (κ1) is 20.2. The Labute approximate surface area is 117 Å². The van der Waals surface area contributed by atoms with Crippen LogP contribution in [0.3, 0.4) is 0 Å². The van der Waals surface area contributed by atoms with Crippen molar-refractivity contribution in [3.05, 3.63) is 21.6 Å². The zero-order chi connectivity index (χ0) is 11.8. The van der Waals surface area contributed by atoms with Crippen LogP contribution in [0.5, 0.6) is 0 Å². The molecule has 0 saturated carbocycles. The van der Waals surface area contributed by atoms with Gasteiger partial charge < -0.3 is 0 Å². The van der Waals surface area contributed by atoms with Gasteiger partial charge in [0.1, 0.15) is 0 Å². The van der Waals surface area contributed by atoms with Gasteiger partial charge in [0.2, 0.25) is 0 Å². The molecule has 1 aliphatic rings. The third kappa shape index (κ3) is 5.59. The Morgan fingerprint density at radius 3 is 2.00 bits per heavy atom. The van der Waals surface area contributed by atoms with Gasteiger partial charge in [-0.15, -0.1) is 24.8 Å². The third-order valence-corrected chi connectivity index (χ3v) is 15.0. The van der Waals surface area contributed by atoms with Crippen molar-refractivity contribution in [2.75, 3.05) is 20.6 Å². The van der Waals surface area contributed by atoms with E-state index in [1.165, 1.54) is 17.1 Å². The molecule has 0 heterocycles. The van der Waals surface area contributed by atoms with Gasteiger partial charge in [0.05, 0.1) is 0 Å². The minimum Gasteiger partial charge on any atom is -0.147 e. The Morgan fingerprint density at radius 2 is 1.65 bits per heavy atom. The van der Waals surface area contributed by atoms with Crippen molar-refractivity contribution in [2.45, 2.75) is 29.3 Å². The molecule has 103 valence electrons. The molecule has 0 N–H and O–H groups in total. The van der Waals surface area contributed by atoms with E-state index in [0.717, 1.165) is 0 Å². The summed E-state index contributed by atoms with van der Waals surface area (Å²) in [5, 5.41) is 0. The van der Waals surface area contributed by atoms with Crippen molar-refractivity contribution in [1.82, 2.24) is 4.90 Å². The summed E-state index contributed by atoms with van der Waals surface area (Å²) >= 11 is -2.98. The average molecular weight is 315 g/mol. The Balaban J connectivity index is 0. The summed E-state index contributed by atoms with van der Waals surface area (Å²) < 4.78 is 13.4. The van der Waals surface area contributed by atoms with E-state index in [1.54, 1.807) is 3.33 Å². The normalized spacial score (nSPS) is 18.9. The van der Waals surface area contributed by atoms with Crippen LogP contribution in [0.4, 0.5) is 0 Å². The molecular formula is C13H29Cl2NSc. The van der Waals surface area contributed by atoms with Crippen LogP contribution in [0.15, 0.2) is 21.6 Å². The summed E-state index contributed by atoms with van der Waals surface area (Å²) in [6, 6.07) is 0. The van der Waals surface area contributed by atoms with E-state index in [1.807, 2.05) is 0 Å². The molecule has 17 heavy (non-hydrogen) atoms. The second kappa shape index (κ2) is 5.48. The number of nitrogens with zero attached hydrogens (tertiary/aromatic N) is 1. The molecule has 0 radical (unpaired) electrons. The van der Waals surface area contributed by atoms with Crippen LogP contribution >= 0.6 is 24.8 Å². The van der Waals surface area contributed by atoms with Gasteiger partial charge in [-0.1, -0.05) is 0 Å². The molecule has 1 rings (SSSR count). The number of hydrogen-bond donors (Lipinski definition) is 0. The van der Waals surface area contributed by atoms with Gasteiger partial charge in [-0.2, -0.15) is 0 Å². The first-order chi connectivity index (χ1) is 6.54. The SMILES string of the molecule is CN(C)C[CH2][Sc]([CH3])([CH3])([CH3])([CH3])[C]1=CC=CC1.Cl.Cl. The molecule has 0 aromatic carbocycles. The Hall–Kier alpha value is 0.890. The van der Waals surface area contributed by atoms with Crippen LogP contribution in [0.1, 0.15) is 6.42 Å². The maximum Gasteiger partial charge on any atom is -0.147 e. The summed E-state index contributed by atoms with van der Waals surface area (Å²) in [6.07, 6.45) is 8.11. The molecule has 0 spiro atoms. The Bertz CT molecular complexity index is 322. The van der Waals surface area contributed by atoms with Gasteiger partial charge in [-0.25, -0.2) is 0 Å². The predicted molar refractivity (Wildman–Crippen MR) is 83.2 cm³/mol. The van der Waals surface area contributed by atoms with Gasteiger partial charge >= 0.3 is 93.4 Å². The Morgan fingerprint density at radius 1 is 1.12 bits per heavy atom. The van der Waals surface area contributed by atoms with Gasteiger partial charge in [-0.3, -0.25) is 0 Å². The molecular weight excluding hydrogens is 286 g/mol. The van der Waals surface area contributed by atoms with Gasteiger partial charge in [-0.05, 0) is 0 Å². The van der Waals surface area contributed by atoms with Crippen LogP contribution in [-0.2, 0) is 17.0 Å². The van der Waals surface area contributed by atoms with Crippen molar-refractivity contribution in [2.24, 2.45) is 0 Å². The quantitative estimate of drug-likeness (QED) is 0.700. The summed E-state index contributed by atoms with van der Waals surface area (Å²) in [4.78, 5) is 2.31. The van der Waals surface area contributed by atoms with Crippen molar-refractivity contribution in [3.8, 4) is 0 Å².